The van der Waals surface area contributed by atoms with Crippen molar-refractivity contribution in [1.29, 1.82) is 0 Å². The fourth-order valence-electron chi connectivity index (χ4n) is 3.79. The number of anilines is 1. The second-order valence-electron chi connectivity index (χ2n) is 7.29. The quantitative estimate of drug-likeness (QED) is 0.521. The van der Waals surface area contributed by atoms with Crippen LogP contribution in [0.3, 0.4) is 0 Å². The van der Waals surface area contributed by atoms with Crippen molar-refractivity contribution in [1.82, 2.24) is 15.2 Å². The molecule has 2 aromatic carbocycles. The molecule has 0 fully saturated rings. The third-order valence-corrected chi connectivity index (χ3v) is 5.92. The van der Waals surface area contributed by atoms with E-state index in [1.54, 1.807) is 4.90 Å². The molecule has 0 radical (unpaired) electrons. The summed E-state index contributed by atoms with van der Waals surface area (Å²) in [5, 5.41) is 9.21. The number of amides is 1. The van der Waals surface area contributed by atoms with Crippen molar-refractivity contribution in [3.05, 3.63) is 48.0 Å². The topological polar surface area (TPSA) is 86.7 Å². The summed E-state index contributed by atoms with van der Waals surface area (Å²) in [5.41, 5.74) is 2.73. The Morgan fingerprint density at radius 2 is 1.97 bits per heavy atom. The molecule has 0 spiro atoms. The van der Waals surface area contributed by atoms with Gasteiger partial charge in [-0.2, -0.15) is 4.98 Å². The van der Waals surface area contributed by atoms with Crippen LogP contribution in [0.4, 0.5) is 5.69 Å². The molecule has 164 valence electrons. The van der Waals surface area contributed by atoms with Crippen molar-refractivity contribution in [2.24, 2.45) is 0 Å². The van der Waals surface area contributed by atoms with Crippen molar-refractivity contribution < 1.29 is 19.0 Å². The van der Waals surface area contributed by atoms with Crippen molar-refractivity contribution in [3.8, 4) is 28.6 Å². The minimum atomic E-state index is -0.748. The lowest BCUT2D eigenvalue weighted by atomic mass is 10.1. The molecular formula is C23H22N4O4S. The molecule has 0 aliphatic carbocycles. The predicted molar refractivity (Wildman–Crippen MR) is 120 cm³/mol. The highest BCUT2D eigenvalue weighted by Crippen LogP contribution is 2.45. The van der Waals surface area contributed by atoms with Gasteiger partial charge in [-0.3, -0.25) is 9.69 Å². The summed E-state index contributed by atoms with van der Waals surface area (Å²) in [6, 6.07) is 13.2. The Kier molecular flexibility index (Phi) is 5.57. The molecule has 2 aliphatic rings. The normalized spacial score (nSPS) is 16.1. The summed E-state index contributed by atoms with van der Waals surface area (Å²) in [4.78, 5) is 19.7. The van der Waals surface area contributed by atoms with E-state index < -0.39 is 6.23 Å². The molecule has 0 N–H and O–H groups in total. The fraction of sp³-hybridized carbons (Fsp3) is 0.304. The Bertz CT molecular complexity index is 1170. The molecule has 1 atom stereocenters. The molecule has 0 unspecified atom stereocenters. The molecule has 3 heterocycles. The first-order valence-corrected chi connectivity index (χ1v) is 11.5. The van der Waals surface area contributed by atoms with Crippen LogP contribution in [0.25, 0.3) is 11.3 Å². The van der Waals surface area contributed by atoms with Crippen LogP contribution in [0.5, 0.6) is 17.4 Å². The van der Waals surface area contributed by atoms with Gasteiger partial charge in [-0.05, 0) is 36.4 Å². The maximum absolute atomic E-state index is 13.4. The molecule has 8 nitrogen and oxygen atoms in total. The van der Waals surface area contributed by atoms with Gasteiger partial charge < -0.3 is 14.2 Å². The van der Waals surface area contributed by atoms with Crippen LogP contribution in [-0.4, -0.2) is 33.6 Å². The van der Waals surface area contributed by atoms with Gasteiger partial charge in [0.2, 0.25) is 30.0 Å². The smallest absolute Gasteiger partial charge is 0.247 e. The monoisotopic (exact) mass is 450 g/mol. The van der Waals surface area contributed by atoms with Crippen LogP contribution in [0, 0.1) is 0 Å². The molecule has 1 aromatic heterocycles. The lowest BCUT2D eigenvalue weighted by Crippen LogP contribution is -2.37. The van der Waals surface area contributed by atoms with E-state index in [9.17, 15) is 4.79 Å². The number of thioether (sulfide) groups is 1. The Morgan fingerprint density at radius 1 is 1.12 bits per heavy atom. The molecule has 2 aliphatic heterocycles. The first-order valence-electron chi connectivity index (χ1n) is 10.5. The Morgan fingerprint density at radius 3 is 2.81 bits per heavy atom. The number of ether oxygens (including phenoxy) is 3. The van der Waals surface area contributed by atoms with Gasteiger partial charge in [0, 0.05) is 17.5 Å². The average Bonchev–Trinajstić information content (AvgIpc) is 3.22. The van der Waals surface area contributed by atoms with Crippen LogP contribution >= 0.6 is 11.8 Å². The molecule has 1 amide bonds. The zero-order chi connectivity index (χ0) is 22.1. The lowest BCUT2D eigenvalue weighted by molar-refractivity contribution is -0.120. The largest absolute Gasteiger partial charge is 0.454 e. The maximum Gasteiger partial charge on any atom is 0.247 e. The zero-order valence-corrected chi connectivity index (χ0v) is 18.6. The number of nitrogens with zero attached hydrogens (tertiary/aromatic N) is 4. The molecule has 9 heteroatoms. The predicted octanol–water partition coefficient (Wildman–Crippen LogP) is 4.60. The summed E-state index contributed by atoms with van der Waals surface area (Å²) in [6.45, 7) is 4.17. The second kappa shape index (κ2) is 8.66. The number of fused-ring (bicyclic) bond motifs is 4. The fourth-order valence-corrected chi connectivity index (χ4v) is 4.30. The molecule has 0 saturated carbocycles. The highest BCUT2D eigenvalue weighted by atomic mass is 32.2. The number of carbonyl (C=O) groups is 1. The average molecular weight is 451 g/mol. The Balaban J connectivity index is 1.70. The van der Waals surface area contributed by atoms with E-state index in [0.717, 1.165) is 16.9 Å². The first-order chi connectivity index (χ1) is 15.7. The first kappa shape index (κ1) is 20.6. The Labute approximate surface area is 189 Å². The van der Waals surface area contributed by atoms with Gasteiger partial charge >= 0.3 is 0 Å². The van der Waals surface area contributed by atoms with Gasteiger partial charge in [0.15, 0.2) is 17.2 Å². The van der Waals surface area contributed by atoms with Gasteiger partial charge in [-0.25, -0.2) is 0 Å². The van der Waals surface area contributed by atoms with Crippen LogP contribution < -0.4 is 19.1 Å². The molecule has 32 heavy (non-hydrogen) atoms. The number of hydrogen-bond donors (Lipinski definition) is 0. The SMILES string of the molecule is CCCC(=O)N1c2ccccc2-c2nnc(SCC)nc2O[C@@H]1c1ccc2c(c1)OCO2. The molecule has 3 aromatic rings. The van der Waals surface area contributed by atoms with Crippen LogP contribution in [0.15, 0.2) is 47.6 Å². The minimum absolute atomic E-state index is 0.0495. The maximum atomic E-state index is 13.4. The number of rotatable bonds is 5. The standard InChI is InChI=1S/C23H22N4O4S/c1-3-7-19(28)27-16-9-6-5-8-15(16)20-21(24-23(26-25-20)32-4-2)31-22(27)14-10-11-17-18(12-14)30-13-29-17/h5-6,8-12,22H,3-4,7,13H2,1-2H3/t22-/m1/s1. The van der Waals surface area contributed by atoms with E-state index in [0.29, 0.717) is 46.8 Å². The number of para-hydroxylation sites is 1. The highest BCUT2D eigenvalue weighted by Gasteiger charge is 2.36. The van der Waals surface area contributed by atoms with Crippen molar-refractivity contribution >= 4 is 23.4 Å². The summed E-state index contributed by atoms with van der Waals surface area (Å²) in [5.74, 6) is 2.39. The van der Waals surface area contributed by atoms with Gasteiger partial charge in [-0.15, -0.1) is 10.2 Å². The number of carbonyl (C=O) groups excluding carboxylic acids is 1. The van der Waals surface area contributed by atoms with E-state index in [4.69, 9.17) is 14.2 Å². The van der Waals surface area contributed by atoms with Crippen LogP contribution in [0.1, 0.15) is 38.5 Å². The van der Waals surface area contributed by atoms with Crippen molar-refractivity contribution in [3.63, 3.8) is 0 Å². The molecule has 0 saturated heterocycles. The van der Waals surface area contributed by atoms with E-state index in [1.807, 2.05) is 56.3 Å². The summed E-state index contributed by atoms with van der Waals surface area (Å²) >= 11 is 1.48. The van der Waals surface area contributed by atoms with E-state index in [2.05, 4.69) is 15.2 Å². The van der Waals surface area contributed by atoms with Crippen LogP contribution in [-0.2, 0) is 4.79 Å². The van der Waals surface area contributed by atoms with E-state index in [-0.39, 0.29) is 12.7 Å². The summed E-state index contributed by atoms with van der Waals surface area (Å²) < 4.78 is 17.5. The van der Waals surface area contributed by atoms with E-state index in [1.165, 1.54) is 11.8 Å². The third-order valence-electron chi connectivity index (χ3n) is 5.20. The molecule has 0 bridgehead atoms. The Hall–Kier alpha value is -3.33. The van der Waals surface area contributed by atoms with Crippen molar-refractivity contribution in [2.45, 2.75) is 38.1 Å². The van der Waals surface area contributed by atoms with E-state index >= 15 is 0 Å². The van der Waals surface area contributed by atoms with Gasteiger partial charge in [0.05, 0.1) is 5.69 Å². The summed E-state index contributed by atoms with van der Waals surface area (Å²) in [7, 11) is 0. The van der Waals surface area contributed by atoms with Gasteiger partial charge in [0.25, 0.3) is 0 Å². The second-order valence-corrected chi connectivity index (χ2v) is 8.53. The van der Waals surface area contributed by atoms with Crippen molar-refractivity contribution in [2.75, 3.05) is 17.4 Å². The molecule has 5 rings (SSSR count). The highest BCUT2D eigenvalue weighted by molar-refractivity contribution is 7.99. The number of benzene rings is 2. The number of aromatic nitrogens is 3. The lowest BCUT2D eigenvalue weighted by Gasteiger charge is -2.31. The zero-order valence-electron chi connectivity index (χ0n) is 17.8. The van der Waals surface area contributed by atoms with Gasteiger partial charge in [-0.1, -0.05) is 43.8 Å². The van der Waals surface area contributed by atoms with Gasteiger partial charge in [0.1, 0.15) is 0 Å². The molecular weight excluding hydrogens is 428 g/mol. The van der Waals surface area contributed by atoms with Crippen LogP contribution in [0.2, 0.25) is 0 Å². The number of hydrogen-bond acceptors (Lipinski definition) is 8. The third kappa shape index (κ3) is 3.62. The minimum Gasteiger partial charge on any atom is -0.454 e. The summed E-state index contributed by atoms with van der Waals surface area (Å²) in [6.07, 6.45) is 0.348.